The Labute approximate surface area is 160 Å². The summed E-state index contributed by atoms with van der Waals surface area (Å²) >= 11 is 0. The van der Waals surface area contributed by atoms with Gasteiger partial charge in [-0.25, -0.2) is 0 Å². The predicted octanol–water partition coefficient (Wildman–Crippen LogP) is 2.21. The lowest BCUT2D eigenvalue weighted by atomic mass is 9.62. The second kappa shape index (κ2) is 6.62. The van der Waals surface area contributed by atoms with Crippen LogP contribution in [0.25, 0.3) is 0 Å². The summed E-state index contributed by atoms with van der Waals surface area (Å²) in [7, 11) is 1.82. The van der Waals surface area contributed by atoms with E-state index in [4.69, 9.17) is 18.9 Å². The van der Waals surface area contributed by atoms with Crippen LogP contribution in [0.3, 0.4) is 0 Å². The van der Waals surface area contributed by atoms with Crippen LogP contribution in [0.4, 0.5) is 0 Å². The van der Waals surface area contributed by atoms with Crippen molar-refractivity contribution < 1.29 is 24.1 Å². The Morgan fingerprint density at radius 2 is 2.15 bits per heavy atom. The Balaban J connectivity index is 1.55. The molecule has 2 bridgehead atoms. The first kappa shape index (κ1) is 17.7. The molecule has 4 aliphatic rings. The number of nitrogens with zero attached hydrogens (tertiary/aromatic N) is 1. The highest BCUT2D eigenvalue weighted by Crippen LogP contribution is 2.56. The highest BCUT2D eigenvalue weighted by atomic mass is 16.7. The summed E-state index contributed by atoms with van der Waals surface area (Å²) in [5.74, 6) is 1.71. The summed E-state index contributed by atoms with van der Waals surface area (Å²) < 4.78 is 23.4. The normalized spacial score (nSPS) is 37.0. The van der Waals surface area contributed by atoms with E-state index in [0.29, 0.717) is 32.0 Å². The van der Waals surface area contributed by atoms with Crippen LogP contribution in [0.15, 0.2) is 12.1 Å². The molecule has 1 saturated carbocycles. The highest BCUT2D eigenvalue weighted by Gasteiger charge is 2.61. The minimum Gasteiger partial charge on any atom is -0.454 e. The van der Waals surface area contributed by atoms with Crippen molar-refractivity contribution >= 4 is 0 Å². The average Bonchev–Trinajstić information content (AvgIpc) is 3.24. The lowest BCUT2D eigenvalue weighted by Gasteiger charge is -2.50. The van der Waals surface area contributed by atoms with Crippen LogP contribution in [0.2, 0.25) is 0 Å². The van der Waals surface area contributed by atoms with Crippen LogP contribution in [-0.2, 0) is 21.4 Å². The van der Waals surface area contributed by atoms with Gasteiger partial charge < -0.3 is 24.1 Å². The molecule has 2 fully saturated rings. The van der Waals surface area contributed by atoms with Gasteiger partial charge in [-0.2, -0.15) is 0 Å². The zero-order valence-electron chi connectivity index (χ0n) is 16.1. The smallest absolute Gasteiger partial charge is 0.231 e. The standard InChI is InChI=1S/C21H29NO5/c1-3-14(23)11-25-20-10-22-9-13-6-17-18(27-12-26-17)8-16(13)21(20)5-4-15(24-2)7-19(21)22/h6,8,14-15,19-20,23H,3-5,7,9-12H2,1-2H3. The minimum absolute atomic E-state index is 0.0585. The summed E-state index contributed by atoms with van der Waals surface area (Å²) in [5.41, 5.74) is 2.63. The van der Waals surface area contributed by atoms with Crippen LogP contribution >= 0.6 is 0 Å². The van der Waals surface area contributed by atoms with Crippen molar-refractivity contribution in [2.75, 3.05) is 27.1 Å². The van der Waals surface area contributed by atoms with Crippen LogP contribution in [-0.4, -0.2) is 61.4 Å². The molecule has 0 radical (unpaired) electrons. The van der Waals surface area contributed by atoms with Crippen molar-refractivity contribution in [1.29, 1.82) is 0 Å². The lowest BCUT2D eigenvalue weighted by molar-refractivity contribution is -0.0522. The molecule has 3 aliphatic heterocycles. The zero-order valence-corrected chi connectivity index (χ0v) is 16.1. The molecular formula is C21H29NO5. The third-order valence-corrected chi connectivity index (χ3v) is 7.14. The largest absolute Gasteiger partial charge is 0.454 e. The van der Waals surface area contributed by atoms with Gasteiger partial charge in [-0.15, -0.1) is 0 Å². The number of methoxy groups -OCH3 is 1. The fraction of sp³-hybridized carbons (Fsp3) is 0.714. The van der Waals surface area contributed by atoms with Crippen molar-refractivity contribution in [2.45, 2.75) is 68.9 Å². The van der Waals surface area contributed by atoms with Crippen LogP contribution in [0, 0.1) is 0 Å². The van der Waals surface area contributed by atoms with E-state index in [1.54, 1.807) is 0 Å². The van der Waals surface area contributed by atoms with Gasteiger partial charge in [0.05, 0.1) is 24.9 Å². The maximum absolute atomic E-state index is 10.1. The van der Waals surface area contributed by atoms with E-state index >= 15 is 0 Å². The first-order chi connectivity index (χ1) is 13.2. The van der Waals surface area contributed by atoms with Crippen LogP contribution < -0.4 is 9.47 Å². The molecule has 0 spiro atoms. The number of aliphatic hydroxyl groups excluding tert-OH is 1. The van der Waals surface area contributed by atoms with E-state index in [2.05, 4.69) is 17.0 Å². The highest BCUT2D eigenvalue weighted by molar-refractivity contribution is 5.54. The molecule has 6 unspecified atom stereocenters. The number of fused-ring (bicyclic) bond motifs is 2. The fourth-order valence-electron chi connectivity index (χ4n) is 5.69. The third-order valence-electron chi connectivity index (χ3n) is 7.14. The molecule has 1 aromatic rings. The molecule has 1 N–H and O–H groups in total. The molecule has 6 atom stereocenters. The lowest BCUT2D eigenvalue weighted by Crippen LogP contribution is -2.55. The molecule has 27 heavy (non-hydrogen) atoms. The fourth-order valence-corrected chi connectivity index (χ4v) is 5.69. The Bertz CT molecular complexity index is 725. The molecule has 6 nitrogen and oxygen atoms in total. The number of ether oxygens (including phenoxy) is 4. The third kappa shape index (κ3) is 2.61. The van der Waals surface area contributed by atoms with Crippen LogP contribution in [0.1, 0.15) is 43.7 Å². The van der Waals surface area contributed by atoms with Gasteiger partial charge in [-0.05, 0) is 48.9 Å². The van der Waals surface area contributed by atoms with Gasteiger partial charge in [-0.1, -0.05) is 6.92 Å². The quantitative estimate of drug-likeness (QED) is 0.852. The Morgan fingerprint density at radius 1 is 1.33 bits per heavy atom. The molecule has 5 rings (SSSR count). The average molecular weight is 375 g/mol. The maximum Gasteiger partial charge on any atom is 0.231 e. The monoisotopic (exact) mass is 375 g/mol. The number of hydrogen-bond acceptors (Lipinski definition) is 6. The second-order valence-corrected chi connectivity index (χ2v) is 8.36. The Morgan fingerprint density at radius 3 is 2.93 bits per heavy atom. The summed E-state index contributed by atoms with van der Waals surface area (Å²) in [5, 5.41) is 10.1. The molecular weight excluding hydrogens is 346 g/mol. The van der Waals surface area contributed by atoms with E-state index < -0.39 is 6.10 Å². The van der Waals surface area contributed by atoms with Crippen molar-refractivity contribution in [3.05, 3.63) is 23.3 Å². The Hall–Kier alpha value is -1.34. The zero-order chi connectivity index (χ0) is 18.6. The van der Waals surface area contributed by atoms with Crippen LogP contribution in [0.5, 0.6) is 11.5 Å². The Kier molecular flexibility index (Phi) is 4.35. The second-order valence-electron chi connectivity index (χ2n) is 8.36. The van der Waals surface area contributed by atoms with Gasteiger partial charge in [-0.3, -0.25) is 4.90 Å². The molecule has 0 amide bonds. The number of hydrogen-bond donors (Lipinski definition) is 1. The summed E-state index contributed by atoms with van der Waals surface area (Å²) in [4.78, 5) is 2.55. The summed E-state index contributed by atoms with van der Waals surface area (Å²) in [6.45, 7) is 4.50. The molecule has 6 heteroatoms. The number of aliphatic hydroxyl groups is 1. The van der Waals surface area contributed by atoms with Gasteiger partial charge in [0.1, 0.15) is 0 Å². The molecule has 0 aromatic heterocycles. The summed E-state index contributed by atoms with van der Waals surface area (Å²) in [6, 6.07) is 4.77. The van der Waals surface area contributed by atoms with E-state index in [0.717, 1.165) is 43.9 Å². The van der Waals surface area contributed by atoms with Gasteiger partial charge >= 0.3 is 0 Å². The maximum atomic E-state index is 10.1. The molecule has 1 aliphatic carbocycles. The van der Waals surface area contributed by atoms with Gasteiger partial charge in [0, 0.05) is 31.7 Å². The predicted molar refractivity (Wildman–Crippen MR) is 99.1 cm³/mol. The van der Waals surface area contributed by atoms with Crippen molar-refractivity contribution in [3.63, 3.8) is 0 Å². The number of rotatable bonds is 5. The van der Waals surface area contributed by atoms with Gasteiger partial charge in [0.25, 0.3) is 0 Å². The summed E-state index contributed by atoms with van der Waals surface area (Å²) in [6.07, 6.45) is 3.80. The van der Waals surface area contributed by atoms with E-state index in [1.807, 2.05) is 14.0 Å². The van der Waals surface area contributed by atoms with Crippen molar-refractivity contribution in [3.8, 4) is 11.5 Å². The van der Waals surface area contributed by atoms with E-state index in [9.17, 15) is 5.11 Å². The minimum atomic E-state index is -0.401. The van der Waals surface area contributed by atoms with Crippen molar-refractivity contribution in [2.24, 2.45) is 0 Å². The van der Waals surface area contributed by atoms with E-state index in [1.165, 1.54) is 11.1 Å². The molecule has 3 heterocycles. The molecule has 148 valence electrons. The topological polar surface area (TPSA) is 60.4 Å². The van der Waals surface area contributed by atoms with Gasteiger partial charge in [0.15, 0.2) is 11.5 Å². The van der Waals surface area contributed by atoms with E-state index in [-0.39, 0.29) is 11.5 Å². The SMILES string of the molecule is CCC(O)COC1CN2Cc3cc4c(cc3C13CCC(OC)CC23)OCO4. The van der Waals surface area contributed by atoms with Gasteiger partial charge in [0.2, 0.25) is 6.79 Å². The molecule has 1 aromatic carbocycles. The van der Waals surface area contributed by atoms with Crippen molar-refractivity contribution in [1.82, 2.24) is 4.90 Å². The first-order valence-electron chi connectivity index (χ1n) is 10.1. The molecule has 1 saturated heterocycles. The first-order valence-corrected chi connectivity index (χ1v) is 10.1. The number of benzene rings is 1.